The minimum atomic E-state index is -1.86. The molecule has 0 spiro atoms. The lowest BCUT2D eigenvalue weighted by Gasteiger charge is -2.32. The number of ether oxygens (including phenoxy) is 1. The maximum atomic E-state index is 14.6. The van der Waals surface area contributed by atoms with Gasteiger partial charge in [-0.05, 0) is 43.8 Å². The lowest BCUT2D eigenvalue weighted by Crippen LogP contribution is -2.52. The highest BCUT2D eigenvalue weighted by Gasteiger charge is 2.39. The van der Waals surface area contributed by atoms with E-state index in [0.29, 0.717) is 34.7 Å². The molecule has 0 unspecified atom stereocenters. The van der Waals surface area contributed by atoms with Crippen molar-refractivity contribution in [3.63, 3.8) is 0 Å². The van der Waals surface area contributed by atoms with Gasteiger partial charge in [0.25, 0.3) is 5.91 Å². The van der Waals surface area contributed by atoms with Gasteiger partial charge in [0.05, 0.1) is 1.37 Å². The Balaban J connectivity index is 1.23. The second kappa shape index (κ2) is 10.9. The Morgan fingerprint density at radius 1 is 1.16 bits per heavy atom. The highest BCUT2D eigenvalue weighted by molar-refractivity contribution is 6.06. The predicted octanol–water partition coefficient (Wildman–Crippen LogP) is 1.82. The largest absolute Gasteiger partial charge is 0.492 e. The zero-order valence-corrected chi connectivity index (χ0v) is 20.9. The fourth-order valence-electron chi connectivity index (χ4n) is 4.91. The van der Waals surface area contributed by atoms with Crippen molar-refractivity contribution < 1.29 is 24.9 Å². The molecule has 0 saturated carbocycles. The highest BCUT2D eigenvalue weighted by Crippen LogP contribution is 2.32. The first kappa shape index (κ1) is 23.9. The van der Waals surface area contributed by atoms with E-state index < -0.39 is 23.7 Å². The summed E-state index contributed by atoms with van der Waals surface area (Å²) in [5, 5.41) is 5.38. The number of piperidine rings is 1. The number of piperazine rings is 1. The first-order valence-corrected chi connectivity index (χ1v) is 12.6. The summed E-state index contributed by atoms with van der Waals surface area (Å²) in [5.41, 5.74) is 2.06. The van der Waals surface area contributed by atoms with Crippen LogP contribution in [0.5, 0.6) is 5.75 Å². The number of carbonyl (C=O) groups excluding carboxylic acids is 3. The molecule has 0 aromatic heterocycles. The lowest BCUT2D eigenvalue weighted by atomic mass is 10.0. The number of imide groups is 1. The summed E-state index contributed by atoms with van der Waals surface area (Å²) < 4.78 is 29.2. The second-order valence-corrected chi connectivity index (χ2v) is 9.65. The molecule has 3 aliphatic rings. The Kier molecular flexibility index (Phi) is 7.00. The summed E-state index contributed by atoms with van der Waals surface area (Å²) >= 11 is 0. The monoisotopic (exact) mass is 510 g/mol. The molecular weight excluding hydrogens is 477 g/mol. The summed E-state index contributed by atoms with van der Waals surface area (Å²) in [5.74, 6) is -1.47. The third-order valence-corrected chi connectivity index (χ3v) is 7.16. The maximum absolute atomic E-state index is 14.6. The smallest absolute Gasteiger partial charge is 0.255 e. The predicted molar refractivity (Wildman–Crippen MR) is 136 cm³/mol. The number of nitrogens with one attached hydrogen (secondary N) is 2. The van der Waals surface area contributed by atoms with Crippen LogP contribution >= 0.6 is 0 Å². The van der Waals surface area contributed by atoms with Crippen molar-refractivity contribution in [1.29, 1.82) is 0 Å². The van der Waals surface area contributed by atoms with Gasteiger partial charge in [-0.15, -0.1) is 0 Å². The first-order valence-electron chi connectivity index (χ1n) is 13.1. The number of benzene rings is 2. The molecule has 37 heavy (non-hydrogen) atoms. The van der Waals surface area contributed by atoms with Crippen molar-refractivity contribution in [3.05, 3.63) is 58.9 Å². The fourth-order valence-corrected chi connectivity index (χ4v) is 4.91. The van der Waals surface area contributed by atoms with E-state index in [-0.39, 0.29) is 31.7 Å². The average molecular weight is 511 g/mol. The van der Waals surface area contributed by atoms with Crippen molar-refractivity contribution in [3.8, 4) is 5.75 Å². The van der Waals surface area contributed by atoms with E-state index in [0.717, 1.165) is 32.7 Å². The molecule has 196 valence electrons. The van der Waals surface area contributed by atoms with E-state index in [1.165, 1.54) is 11.0 Å². The van der Waals surface area contributed by atoms with Crippen LogP contribution in [-0.2, 0) is 22.7 Å². The Morgan fingerprint density at radius 2 is 1.97 bits per heavy atom. The van der Waals surface area contributed by atoms with Gasteiger partial charge < -0.3 is 19.9 Å². The van der Waals surface area contributed by atoms with Crippen molar-refractivity contribution in [2.24, 2.45) is 0 Å². The third-order valence-electron chi connectivity index (χ3n) is 7.16. The fraction of sp³-hybridized carbons (Fsp3) is 0.444. The number of anilines is 1. The van der Waals surface area contributed by atoms with Crippen molar-refractivity contribution in [1.82, 2.24) is 20.0 Å². The molecule has 3 amide bonds. The Hall–Kier alpha value is -3.50. The van der Waals surface area contributed by atoms with Crippen LogP contribution in [0.4, 0.5) is 10.1 Å². The number of carbonyl (C=O) groups is 3. The van der Waals surface area contributed by atoms with Crippen molar-refractivity contribution >= 4 is 23.4 Å². The number of fused-ring (bicyclic) bond motifs is 1. The minimum Gasteiger partial charge on any atom is -0.492 e. The van der Waals surface area contributed by atoms with E-state index in [9.17, 15) is 18.8 Å². The van der Waals surface area contributed by atoms with Gasteiger partial charge in [-0.25, -0.2) is 4.39 Å². The van der Waals surface area contributed by atoms with E-state index in [2.05, 4.69) is 27.5 Å². The van der Waals surface area contributed by atoms with E-state index in [4.69, 9.17) is 6.11 Å². The van der Waals surface area contributed by atoms with Crippen LogP contribution in [0.15, 0.2) is 36.4 Å². The van der Waals surface area contributed by atoms with Gasteiger partial charge in [0.1, 0.15) is 24.2 Å². The molecule has 0 radical (unpaired) electrons. The number of rotatable bonds is 8. The minimum absolute atomic E-state index is 0.00641. The molecule has 2 aromatic carbocycles. The van der Waals surface area contributed by atoms with E-state index in [1.54, 1.807) is 30.3 Å². The molecule has 0 bridgehead atoms. The molecule has 3 aliphatic heterocycles. The molecule has 9 nitrogen and oxygen atoms in total. The summed E-state index contributed by atoms with van der Waals surface area (Å²) in [6.07, 6.45) is -0.0689. The van der Waals surface area contributed by atoms with Gasteiger partial charge in [0.2, 0.25) is 11.8 Å². The van der Waals surface area contributed by atoms with Gasteiger partial charge in [0.15, 0.2) is 0 Å². The molecule has 2 fully saturated rings. The standard InChI is InChI=1S/C27H32FN5O4/c1-31-9-11-32(12-10-31)13-14-37-19-5-6-22(28)18(15-19)16-29-23-4-2-3-20-21(23)17-33(27(20)36)24-7-8-25(34)30-26(24)35/h2-6,15,24,29H,7-14,16-17H2,1H3,(H,30,34,35)/t24-/m1/s1/i24D. The number of hydrogen-bond donors (Lipinski definition) is 2. The molecule has 3 heterocycles. The Bertz CT molecular complexity index is 1250. The van der Waals surface area contributed by atoms with Crippen LogP contribution < -0.4 is 15.4 Å². The van der Waals surface area contributed by atoms with Gasteiger partial charge in [-0.3, -0.25) is 24.6 Å². The van der Waals surface area contributed by atoms with Crippen LogP contribution in [-0.4, -0.2) is 84.8 Å². The Morgan fingerprint density at radius 3 is 2.76 bits per heavy atom. The van der Waals surface area contributed by atoms with Crippen molar-refractivity contribution in [2.75, 3.05) is 51.7 Å². The normalized spacial score (nSPS) is 23.0. The number of amides is 3. The summed E-state index contributed by atoms with van der Waals surface area (Å²) in [4.78, 5) is 43.0. The summed E-state index contributed by atoms with van der Waals surface area (Å²) in [7, 11) is 2.11. The lowest BCUT2D eigenvalue weighted by molar-refractivity contribution is -0.136. The summed E-state index contributed by atoms with van der Waals surface area (Å²) in [6.45, 7) is 5.61. The maximum Gasteiger partial charge on any atom is 0.255 e. The van der Waals surface area contributed by atoms with Gasteiger partial charge in [0, 0.05) is 74.6 Å². The molecule has 10 heteroatoms. The second-order valence-electron chi connectivity index (χ2n) is 9.65. The van der Waals surface area contributed by atoms with Crippen LogP contribution in [0.2, 0.25) is 0 Å². The number of hydrogen-bond acceptors (Lipinski definition) is 7. The third kappa shape index (κ3) is 5.60. The molecule has 1 atom stereocenters. The van der Waals surface area contributed by atoms with Crippen LogP contribution in [0.1, 0.15) is 35.7 Å². The zero-order chi connectivity index (χ0) is 26.9. The molecule has 5 rings (SSSR count). The molecule has 2 N–H and O–H groups in total. The number of likely N-dealkylation sites (N-methyl/N-ethyl adjacent to an activating group) is 1. The zero-order valence-electron chi connectivity index (χ0n) is 21.9. The average Bonchev–Trinajstić information content (AvgIpc) is 3.25. The first-order chi connectivity index (χ1) is 18.2. The summed E-state index contributed by atoms with van der Waals surface area (Å²) in [6, 6.07) is 7.96. The van der Waals surface area contributed by atoms with Crippen LogP contribution in [0.25, 0.3) is 0 Å². The van der Waals surface area contributed by atoms with Crippen LogP contribution in [0, 0.1) is 5.82 Å². The van der Waals surface area contributed by atoms with Crippen molar-refractivity contribution in [2.45, 2.75) is 31.9 Å². The quantitative estimate of drug-likeness (QED) is 0.524. The topological polar surface area (TPSA) is 94.2 Å². The number of halogens is 1. The highest BCUT2D eigenvalue weighted by atomic mass is 19.1. The SMILES string of the molecule is [2H][C@@]1(N2Cc3c(NCc4cc(OCCN5CCN(C)CC5)ccc4F)cccc3C2=O)CCC(=O)NC1=O. The molecule has 0 aliphatic carbocycles. The van der Waals surface area contributed by atoms with E-state index in [1.807, 2.05) is 0 Å². The number of nitrogens with zero attached hydrogens (tertiary/aromatic N) is 3. The van der Waals surface area contributed by atoms with E-state index >= 15 is 0 Å². The molecule has 2 aromatic rings. The van der Waals surface area contributed by atoms with Crippen LogP contribution in [0.3, 0.4) is 0 Å². The molecule has 2 saturated heterocycles. The Labute approximate surface area is 216 Å². The molecular formula is C27H32FN5O4. The van der Waals surface area contributed by atoms with Gasteiger partial charge in [-0.1, -0.05) is 6.07 Å². The van der Waals surface area contributed by atoms with Gasteiger partial charge >= 0.3 is 0 Å². The van der Waals surface area contributed by atoms with Gasteiger partial charge in [-0.2, -0.15) is 0 Å².